The first-order valence-corrected chi connectivity index (χ1v) is 4.63. The van der Waals surface area contributed by atoms with Crippen LogP contribution in [0.25, 0.3) is 0 Å². The predicted octanol–water partition coefficient (Wildman–Crippen LogP) is 0.768. The van der Waals surface area contributed by atoms with Crippen molar-refractivity contribution in [2.75, 3.05) is 0 Å². The van der Waals surface area contributed by atoms with E-state index in [9.17, 15) is 4.79 Å². The maximum atomic E-state index is 11.4. The van der Waals surface area contributed by atoms with Gasteiger partial charge in [-0.3, -0.25) is 4.79 Å². The van der Waals surface area contributed by atoms with Crippen LogP contribution in [-0.4, -0.2) is 34.5 Å². The summed E-state index contributed by atoms with van der Waals surface area (Å²) in [5.74, 6) is -0.628. The lowest BCUT2D eigenvalue weighted by Crippen LogP contribution is -2.31. The van der Waals surface area contributed by atoms with Crippen molar-refractivity contribution in [1.82, 2.24) is 4.98 Å². The van der Waals surface area contributed by atoms with Gasteiger partial charge in [-0.15, -0.1) is 0 Å². The van der Waals surface area contributed by atoms with E-state index in [1.54, 1.807) is 0 Å². The molecule has 15 heavy (non-hydrogen) atoms. The maximum absolute atomic E-state index is 11.4. The fraction of sp³-hybridized carbons (Fsp3) is 0.250. The maximum Gasteiger partial charge on any atom is 0.170 e. The van der Waals surface area contributed by atoms with Crippen LogP contribution in [0.15, 0.2) is 12.3 Å². The lowest BCUT2D eigenvalue weighted by Gasteiger charge is -2.15. The van der Waals surface area contributed by atoms with E-state index in [1.807, 2.05) is 0 Å². The number of Topliss-reactive ketones (excluding diaryl/α,β-unsaturated/α-hetero) is 1. The molecule has 1 rings (SSSR count). The first-order valence-electron chi connectivity index (χ1n) is 3.87. The van der Waals surface area contributed by atoms with E-state index in [1.165, 1.54) is 6.07 Å². The van der Waals surface area contributed by atoms with Crippen molar-refractivity contribution in [3.8, 4) is 0 Å². The average molecular weight is 246 g/mol. The molecule has 0 saturated heterocycles. The van der Waals surface area contributed by atoms with E-state index in [2.05, 4.69) is 4.98 Å². The highest BCUT2D eigenvalue weighted by Gasteiger charge is 2.22. The highest BCUT2D eigenvalue weighted by Crippen LogP contribution is 2.21. The minimum Gasteiger partial charge on any atom is -0.375 e. The van der Waals surface area contributed by atoms with Crippen molar-refractivity contribution in [2.24, 2.45) is 0 Å². The Labute approximate surface area is 97.3 Å². The smallest absolute Gasteiger partial charge is 0.170 e. The summed E-state index contributed by atoms with van der Waals surface area (Å²) in [6.45, 7) is 0. The third-order valence-electron chi connectivity index (χ3n) is 1.54. The Morgan fingerprint density at radius 3 is 2.60 bits per heavy atom. The van der Waals surface area contributed by atoms with Gasteiger partial charge in [0.05, 0.1) is 17.0 Å². The summed E-state index contributed by atoms with van der Waals surface area (Å²) in [7, 11) is 4.85. The third-order valence-corrected chi connectivity index (χ3v) is 2.06. The van der Waals surface area contributed by atoms with Gasteiger partial charge < -0.3 is 10.2 Å². The standard InChI is InChI=1S/C8H6BCl2NO3/c9-8(14,15)2-6(13)4-3-12-7(11)1-5(4)10/h1,3,14-15H,2H2. The SMILES string of the molecule is [B]C(O)(O)CC(=O)c1cnc(Cl)cc1Cl. The topological polar surface area (TPSA) is 70.4 Å². The molecule has 0 spiro atoms. The number of halogens is 2. The molecule has 1 aromatic rings. The fourth-order valence-electron chi connectivity index (χ4n) is 0.944. The number of nitrogens with zero attached hydrogens (tertiary/aromatic N) is 1. The number of carbonyl (C=O) groups is 1. The first-order chi connectivity index (χ1) is 6.79. The molecule has 0 bridgehead atoms. The minimum atomic E-state index is -2.56. The number of carbonyl (C=O) groups excluding carboxylic acids is 1. The highest BCUT2D eigenvalue weighted by molar-refractivity contribution is 6.36. The van der Waals surface area contributed by atoms with Crippen LogP contribution in [0.1, 0.15) is 16.8 Å². The van der Waals surface area contributed by atoms with E-state index in [0.29, 0.717) is 0 Å². The molecule has 0 aliphatic heterocycles. The molecule has 1 heterocycles. The summed E-state index contributed by atoms with van der Waals surface area (Å²) in [5.41, 5.74) is -2.51. The van der Waals surface area contributed by atoms with Gasteiger partial charge >= 0.3 is 0 Å². The summed E-state index contributed by atoms with van der Waals surface area (Å²) >= 11 is 11.2. The zero-order valence-corrected chi connectivity index (χ0v) is 8.96. The second-order valence-corrected chi connectivity index (χ2v) is 3.76. The molecule has 4 nitrogen and oxygen atoms in total. The molecule has 0 aliphatic rings. The molecule has 0 unspecified atom stereocenters. The first kappa shape index (κ1) is 12.5. The van der Waals surface area contributed by atoms with Gasteiger partial charge in [-0.1, -0.05) is 23.2 Å². The van der Waals surface area contributed by atoms with Gasteiger partial charge in [-0.25, -0.2) is 4.98 Å². The van der Waals surface area contributed by atoms with E-state index < -0.39 is 17.9 Å². The van der Waals surface area contributed by atoms with Crippen LogP contribution in [0.2, 0.25) is 10.2 Å². The monoisotopic (exact) mass is 245 g/mol. The number of ketones is 1. The quantitative estimate of drug-likeness (QED) is 0.357. The third kappa shape index (κ3) is 3.79. The van der Waals surface area contributed by atoms with Gasteiger partial charge in [0.1, 0.15) is 10.8 Å². The summed E-state index contributed by atoms with van der Waals surface area (Å²) < 4.78 is 0. The number of aliphatic hydroxyl groups is 2. The highest BCUT2D eigenvalue weighted by atomic mass is 35.5. The van der Waals surface area contributed by atoms with E-state index in [-0.39, 0.29) is 15.7 Å². The lowest BCUT2D eigenvalue weighted by molar-refractivity contribution is -0.0824. The number of pyridine rings is 1. The van der Waals surface area contributed by atoms with Crippen molar-refractivity contribution in [2.45, 2.75) is 12.1 Å². The van der Waals surface area contributed by atoms with Crippen molar-refractivity contribution in [1.29, 1.82) is 0 Å². The molecular formula is C8H6BCl2NO3. The minimum absolute atomic E-state index is 0.0407. The molecule has 1 aromatic heterocycles. The molecular weight excluding hydrogens is 240 g/mol. The largest absolute Gasteiger partial charge is 0.375 e. The lowest BCUT2D eigenvalue weighted by atomic mass is 9.88. The number of aromatic nitrogens is 1. The van der Waals surface area contributed by atoms with Crippen LogP contribution >= 0.6 is 23.2 Å². The van der Waals surface area contributed by atoms with Crippen LogP contribution < -0.4 is 0 Å². The number of rotatable bonds is 3. The Morgan fingerprint density at radius 2 is 2.13 bits per heavy atom. The number of hydrogen-bond donors (Lipinski definition) is 2. The van der Waals surface area contributed by atoms with Crippen molar-refractivity contribution in [3.63, 3.8) is 0 Å². The van der Waals surface area contributed by atoms with E-state index in [0.717, 1.165) is 6.20 Å². The van der Waals surface area contributed by atoms with Crippen LogP contribution in [-0.2, 0) is 0 Å². The van der Waals surface area contributed by atoms with Crippen LogP contribution in [0, 0.1) is 0 Å². The number of hydrogen-bond acceptors (Lipinski definition) is 4. The average Bonchev–Trinajstić information content (AvgIpc) is 1.99. The Balaban J connectivity index is 2.92. The van der Waals surface area contributed by atoms with Crippen LogP contribution in [0.3, 0.4) is 0 Å². The second-order valence-electron chi connectivity index (χ2n) is 2.97. The van der Waals surface area contributed by atoms with Gasteiger partial charge in [-0.2, -0.15) is 0 Å². The van der Waals surface area contributed by atoms with Gasteiger partial charge in [0, 0.05) is 6.20 Å². The summed E-state index contributed by atoms with van der Waals surface area (Å²) in [4.78, 5) is 15.1. The predicted molar refractivity (Wildman–Crippen MR) is 56.1 cm³/mol. The second kappa shape index (κ2) is 4.49. The molecule has 0 saturated carbocycles. The summed E-state index contributed by atoms with van der Waals surface area (Å²) in [6, 6.07) is 1.28. The molecule has 0 aliphatic carbocycles. The van der Waals surface area contributed by atoms with Crippen molar-refractivity contribution < 1.29 is 15.0 Å². The van der Waals surface area contributed by atoms with Gasteiger partial charge in [0.2, 0.25) is 0 Å². The molecule has 2 N–H and O–H groups in total. The molecule has 0 aromatic carbocycles. The van der Waals surface area contributed by atoms with E-state index >= 15 is 0 Å². The normalized spacial score (nSPS) is 11.5. The van der Waals surface area contributed by atoms with Crippen LogP contribution in [0.5, 0.6) is 0 Å². The molecule has 0 fully saturated rings. The molecule has 0 amide bonds. The molecule has 78 valence electrons. The van der Waals surface area contributed by atoms with E-state index in [4.69, 9.17) is 41.3 Å². The molecule has 2 radical (unpaired) electrons. The summed E-state index contributed by atoms with van der Waals surface area (Å²) in [6.07, 6.45) is 0.481. The molecule has 0 atom stereocenters. The van der Waals surface area contributed by atoms with Gasteiger partial charge in [0.15, 0.2) is 13.6 Å². The Bertz CT molecular complexity index is 392. The fourth-order valence-corrected chi connectivity index (χ4v) is 1.42. The Hall–Kier alpha value is -0.615. The molecule has 7 heteroatoms. The Morgan fingerprint density at radius 1 is 1.53 bits per heavy atom. The zero-order valence-electron chi connectivity index (χ0n) is 7.44. The van der Waals surface area contributed by atoms with Crippen molar-refractivity contribution >= 4 is 36.8 Å². The van der Waals surface area contributed by atoms with Gasteiger partial charge in [0.25, 0.3) is 0 Å². The van der Waals surface area contributed by atoms with Crippen molar-refractivity contribution in [3.05, 3.63) is 28.0 Å². The van der Waals surface area contributed by atoms with Crippen LogP contribution in [0.4, 0.5) is 0 Å². The van der Waals surface area contributed by atoms with Gasteiger partial charge in [-0.05, 0) is 6.07 Å². The Kier molecular flexibility index (Phi) is 3.73. The summed E-state index contributed by atoms with van der Waals surface area (Å²) in [5, 5.41) is 17.9. The zero-order chi connectivity index (χ0) is 11.6.